The fourth-order valence-electron chi connectivity index (χ4n) is 3.93. The van der Waals surface area contributed by atoms with Gasteiger partial charge in [-0.2, -0.15) is 5.10 Å². The molecule has 35 heavy (non-hydrogen) atoms. The van der Waals surface area contributed by atoms with Crippen molar-refractivity contribution in [2.75, 3.05) is 7.05 Å². The number of aryl methyl sites for hydroxylation is 2. The summed E-state index contributed by atoms with van der Waals surface area (Å²) in [5.74, 6) is -0.253. The molecule has 1 unspecified atom stereocenters. The molecule has 4 N–H and O–H groups in total. The SMILES string of the molecule is CNC(=O)c1cc(-c2cc(-c3cnn(C)c3)cc(C(C)NC(=O)c3cc(CN)ccc3C)c2)cs1. The molecular formula is C27H29N5O2S. The molecule has 1 atom stereocenters. The predicted molar refractivity (Wildman–Crippen MR) is 140 cm³/mol. The van der Waals surface area contributed by atoms with Gasteiger partial charge in [-0.3, -0.25) is 14.3 Å². The van der Waals surface area contributed by atoms with Gasteiger partial charge in [0.05, 0.1) is 17.1 Å². The molecule has 0 aliphatic rings. The van der Waals surface area contributed by atoms with Gasteiger partial charge in [-0.05, 0) is 82.9 Å². The fraction of sp³-hybridized carbons (Fsp3) is 0.222. The molecule has 0 fully saturated rings. The lowest BCUT2D eigenvalue weighted by atomic mass is 9.95. The number of nitrogens with one attached hydrogen (secondary N) is 2. The Hall–Kier alpha value is -3.75. The number of nitrogens with zero attached hydrogens (tertiary/aromatic N) is 2. The zero-order chi connectivity index (χ0) is 25.1. The van der Waals surface area contributed by atoms with Gasteiger partial charge < -0.3 is 16.4 Å². The molecule has 7 nitrogen and oxygen atoms in total. The Bertz CT molecular complexity index is 1390. The van der Waals surface area contributed by atoms with E-state index in [2.05, 4.69) is 33.9 Å². The number of rotatable bonds is 7. The second-order valence-corrected chi connectivity index (χ2v) is 9.48. The van der Waals surface area contributed by atoms with E-state index in [1.54, 1.807) is 11.7 Å². The van der Waals surface area contributed by atoms with Crippen LogP contribution in [-0.2, 0) is 13.6 Å². The van der Waals surface area contributed by atoms with Gasteiger partial charge >= 0.3 is 0 Å². The van der Waals surface area contributed by atoms with Crippen LogP contribution in [0.15, 0.2) is 60.2 Å². The number of hydrogen-bond acceptors (Lipinski definition) is 5. The summed E-state index contributed by atoms with van der Waals surface area (Å²) in [5.41, 5.74) is 13.0. The van der Waals surface area contributed by atoms with Gasteiger partial charge in [-0.25, -0.2) is 0 Å². The number of hydrogen-bond donors (Lipinski definition) is 3. The molecule has 2 amide bonds. The van der Waals surface area contributed by atoms with Gasteiger partial charge in [0.15, 0.2) is 0 Å². The Balaban J connectivity index is 1.70. The lowest BCUT2D eigenvalue weighted by molar-refractivity contribution is 0.0937. The van der Waals surface area contributed by atoms with Crippen LogP contribution >= 0.6 is 11.3 Å². The van der Waals surface area contributed by atoms with Crippen molar-refractivity contribution < 1.29 is 9.59 Å². The highest BCUT2D eigenvalue weighted by Gasteiger charge is 2.17. The lowest BCUT2D eigenvalue weighted by Crippen LogP contribution is -2.27. The number of carbonyl (C=O) groups is 2. The standard InChI is InChI=1S/C27H29N5O2S/c1-16-5-6-18(12-28)7-24(16)26(33)31-17(2)19-8-20(22-11-25(35-15-22)27(34)29-3)10-21(9-19)23-13-30-32(4)14-23/h5-11,13-15,17H,12,28H2,1-4H3,(H,29,34)(H,31,33). The van der Waals surface area contributed by atoms with Crippen molar-refractivity contribution in [3.63, 3.8) is 0 Å². The summed E-state index contributed by atoms with van der Waals surface area (Å²) >= 11 is 1.40. The van der Waals surface area contributed by atoms with Crippen LogP contribution in [0.5, 0.6) is 0 Å². The summed E-state index contributed by atoms with van der Waals surface area (Å²) in [7, 11) is 3.50. The molecule has 4 aromatic rings. The average Bonchev–Trinajstić information content (AvgIpc) is 3.53. The Labute approximate surface area is 209 Å². The molecule has 2 heterocycles. The molecule has 0 radical (unpaired) electrons. The topological polar surface area (TPSA) is 102 Å². The Kier molecular flexibility index (Phi) is 7.14. The van der Waals surface area contributed by atoms with Crippen molar-refractivity contribution >= 4 is 23.2 Å². The van der Waals surface area contributed by atoms with Crippen molar-refractivity contribution in [3.8, 4) is 22.3 Å². The highest BCUT2D eigenvalue weighted by molar-refractivity contribution is 7.12. The first-order valence-corrected chi connectivity index (χ1v) is 12.2. The molecule has 2 aromatic carbocycles. The molecule has 0 saturated carbocycles. The predicted octanol–water partition coefficient (Wildman–Crippen LogP) is 4.43. The van der Waals surface area contributed by atoms with E-state index in [1.165, 1.54) is 11.3 Å². The van der Waals surface area contributed by atoms with E-state index in [1.807, 2.05) is 62.9 Å². The Morgan fingerprint density at radius 3 is 2.46 bits per heavy atom. The summed E-state index contributed by atoms with van der Waals surface area (Å²) in [6.07, 6.45) is 3.77. The minimum Gasteiger partial charge on any atom is -0.354 e. The first-order chi connectivity index (χ1) is 16.8. The summed E-state index contributed by atoms with van der Waals surface area (Å²) in [4.78, 5) is 25.9. The van der Waals surface area contributed by atoms with Crippen LogP contribution in [0.4, 0.5) is 0 Å². The quantitative estimate of drug-likeness (QED) is 0.359. The third-order valence-corrected chi connectivity index (χ3v) is 6.94. The molecule has 2 aromatic heterocycles. The molecule has 0 spiro atoms. The van der Waals surface area contributed by atoms with Crippen LogP contribution in [0.3, 0.4) is 0 Å². The average molecular weight is 488 g/mol. The van der Waals surface area contributed by atoms with Gasteiger partial charge in [0.25, 0.3) is 11.8 Å². The van der Waals surface area contributed by atoms with Crippen molar-refractivity contribution in [2.24, 2.45) is 12.8 Å². The molecule has 4 rings (SSSR count). The molecule has 8 heteroatoms. The van der Waals surface area contributed by atoms with Gasteiger partial charge in [0.2, 0.25) is 0 Å². The second kappa shape index (κ2) is 10.2. The monoisotopic (exact) mass is 487 g/mol. The molecule has 0 bridgehead atoms. The van der Waals surface area contributed by atoms with Crippen molar-refractivity contribution in [3.05, 3.63) is 87.4 Å². The van der Waals surface area contributed by atoms with E-state index in [4.69, 9.17) is 5.73 Å². The van der Waals surface area contributed by atoms with E-state index in [-0.39, 0.29) is 17.9 Å². The number of aromatic nitrogens is 2. The third kappa shape index (κ3) is 5.34. The van der Waals surface area contributed by atoms with Gasteiger partial charge in [0, 0.05) is 38.0 Å². The summed E-state index contributed by atoms with van der Waals surface area (Å²) in [6.45, 7) is 4.27. The van der Waals surface area contributed by atoms with E-state index >= 15 is 0 Å². The molecule has 0 saturated heterocycles. The maximum Gasteiger partial charge on any atom is 0.261 e. The Morgan fingerprint density at radius 2 is 1.80 bits per heavy atom. The molecule has 180 valence electrons. The summed E-state index contributed by atoms with van der Waals surface area (Å²) < 4.78 is 1.76. The first kappa shape index (κ1) is 24.4. The first-order valence-electron chi connectivity index (χ1n) is 11.3. The highest BCUT2D eigenvalue weighted by Crippen LogP contribution is 2.33. The smallest absolute Gasteiger partial charge is 0.261 e. The lowest BCUT2D eigenvalue weighted by Gasteiger charge is -2.18. The highest BCUT2D eigenvalue weighted by atomic mass is 32.1. The van der Waals surface area contributed by atoms with Crippen LogP contribution in [0, 0.1) is 6.92 Å². The third-order valence-electron chi connectivity index (χ3n) is 6.01. The fourth-order valence-corrected chi connectivity index (χ4v) is 4.80. The molecule has 0 aliphatic carbocycles. The summed E-state index contributed by atoms with van der Waals surface area (Å²) in [5, 5.41) is 12.1. The zero-order valence-electron chi connectivity index (χ0n) is 20.3. The number of carbonyl (C=O) groups excluding carboxylic acids is 2. The van der Waals surface area contributed by atoms with Crippen LogP contribution in [0.1, 0.15) is 49.7 Å². The van der Waals surface area contributed by atoms with Crippen LogP contribution in [0.25, 0.3) is 22.3 Å². The second-order valence-electron chi connectivity index (χ2n) is 8.57. The normalized spacial score (nSPS) is 11.8. The van der Waals surface area contributed by atoms with Gasteiger partial charge in [0.1, 0.15) is 0 Å². The number of amides is 2. The number of benzene rings is 2. The summed E-state index contributed by atoms with van der Waals surface area (Å²) in [6, 6.07) is 13.6. The van der Waals surface area contributed by atoms with Gasteiger partial charge in [-0.15, -0.1) is 11.3 Å². The van der Waals surface area contributed by atoms with E-state index < -0.39 is 0 Å². The minimum absolute atomic E-state index is 0.111. The molecule has 0 aliphatic heterocycles. The van der Waals surface area contributed by atoms with E-state index in [0.717, 1.165) is 38.9 Å². The zero-order valence-corrected chi connectivity index (χ0v) is 21.1. The van der Waals surface area contributed by atoms with Crippen LogP contribution in [-0.4, -0.2) is 28.6 Å². The van der Waals surface area contributed by atoms with E-state index in [9.17, 15) is 9.59 Å². The Morgan fingerprint density at radius 1 is 1.06 bits per heavy atom. The van der Waals surface area contributed by atoms with Gasteiger partial charge in [-0.1, -0.05) is 12.1 Å². The van der Waals surface area contributed by atoms with Crippen LogP contribution in [0.2, 0.25) is 0 Å². The van der Waals surface area contributed by atoms with Crippen molar-refractivity contribution in [1.82, 2.24) is 20.4 Å². The number of thiophene rings is 1. The maximum atomic E-state index is 13.1. The number of nitrogens with two attached hydrogens (primary N) is 1. The van der Waals surface area contributed by atoms with Crippen molar-refractivity contribution in [1.29, 1.82) is 0 Å². The van der Waals surface area contributed by atoms with Crippen LogP contribution < -0.4 is 16.4 Å². The van der Waals surface area contributed by atoms with E-state index in [0.29, 0.717) is 17.0 Å². The maximum absolute atomic E-state index is 13.1. The largest absolute Gasteiger partial charge is 0.354 e. The van der Waals surface area contributed by atoms with Crippen molar-refractivity contribution in [2.45, 2.75) is 26.4 Å². The minimum atomic E-state index is -0.254. The molecular weight excluding hydrogens is 458 g/mol.